The molecule has 92 valence electrons. The number of hydrogen-bond acceptors (Lipinski definition) is 4. The highest BCUT2D eigenvalue weighted by Crippen LogP contribution is 2.43. The third-order valence-corrected chi connectivity index (χ3v) is 3.60. The molecule has 0 bridgehead atoms. The van der Waals surface area contributed by atoms with Crippen LogP contribution in [0.3, 0.4) is 0 Å². The zero-order chi connectivity index (χ0) is 12.7. The zero-order valence-corrected chi connectivity index (χ0v) is 10.8. The van der Waals surface area contributed by atoms with Crippen molar-refractivity contribution in [2.24, 2.45) is 0 Å². The summed E-state index contributed by atoms with van der Waals surface area (Å²) in [7, 11) is 2.11. The average Bonchev–Trinajstić information content (AvgIpc) is 2.64. The van der Waals surface area contributed by atoms with E-state index < -0.39 is 0 Å². The normalized spacial score (nSPS) is 18.1. The molecule has 0 radical (unpaired) electrons. The van der Waals surface area contributed by atoms with Gasteiger partial charge >= 0.3 is 0 Å². The highest BCUT2D eigenvalue weighted by molar-refractivity contribution is 5.83. The molecule has 1 atom stereocenters. The first-order valence-electron chi connectivity index (χ1n) is 6.08. The maximum Gasteiger partial charge on any atom is 0.115 e. The van der Waals surface area contributed by atoms with E-state index in [4.69, 9.17) is 0 Å². The minimum atomic E-state index is 0.270. The molecule has 4 nitrogen and oxygen atoms in total. The van der Waals surface area contributed by atoms with E-state index in [1.54, 1.807) is 6.33 Å². The molecule has 4 heteroatoms. The fourth-order valence-corrected chi connectivity index (χ4v) is 2.49. The molecule has 0 fully saturated rings. The van der Waals surface area contributed by atoms with E-state index >= 15 is 0 Å². The summed E-state index contributed by atoms with van der Waals surface area (Å²) in [6, 6.07) is 8.42. The van der Waals surface area contributed by atoms with Gasteiger partial charge in [0.05, 0.1) is 29.0 Å². The van der Waals surface area contributed by atoms with E-state index in [2.05, 4.69) is 58.0 Å². The van der Waals surface area contributed by atoms with Gasteiger partial charge in [-0.15, -0.1) is 0 Å². The Kier molecular flexibility index (Phi) is 2.44. The van der Waals surface area contributed by atoms with Gasteiger partial charge < -0.3 is 9.80 Å². The second-order valence-corrected chi connectivity index (χ2v) is 4.59. The first kappa shape index (κ1) is 11.0. The average molecular weight is 240 g/mol. The number of nitrogens with zero attached hydrogens (tertiary/aromatic N) is 4. The minimum absolute atomic E-state index is 0.270. The molecule has 0 saturated carbocycles. The number of anilines is 3. The molecule has 0 saturated heterocycles. The van der Waals surface area contributed by atoms with Crippen molar-refractivity contribution in [2.45, 2.75) is 20.0 Å². The molecule has 1 aliphatic heterocycles. The third-order valence-electron chi connectivity index (χ3n) is 3.60. The van der Waals surface area contributed by atoms with Gasteiger partial charge in [0, 0.05) is 7.05 Å². The van der Waals surface area contributed by atoms with Crippen molar-refractivity contribution in [1.29, 1.82) is 0 Å². The van der Waals surface area contributed by atoms with Crippen LogP contribution in [-0.4, -0.2) is 23.2 Å². The maximum atomic E-state index is 4.28. The lowest BCUT2D eigenvalue weighted by atomic mass is 10.2. The first-order valence-corrected chi connectivity index (χ1v) is 6.08. The van der Waals surface area contributed by atoms with E-state index in [1.165, 1.54) is 11.4 Å². The molecule has 0 aliphatic carbocycles. The van der Waals surface area contributed by atoms with Crippen molar-refractivity contribution < 1.29 is 0 Å². The predicted octanol–water partition coefficient (Wildman–Crippen LogP) is 2.72. The Bertz CT molecular complexity index is 582. The number of para-hydroxylation sites is 2. The van der Waals surface area contributed by atoms with Gasteiger partial charge in [0.25, 0.3) is 0 Å². The molecule has 0 amide bonds. The van der Waals surface area contributed by atoms with Gasteiger partial charge in [-0.25, -0.2) is 9.97 Å². The van der Waals surface area contributed by atoms with Gasteiger partial charge in [-0.1, -0.05) is 12.1 Å². The van der Waals surface area contributed by atoms with Crippen LogP contribution in [0.2, 0.25) is 0 Å². The van der Waals surface area contributed by atoms with E-state index in [9.17, 15) is 0 Å². The zero-order valence-electron chi connectivity index (χ0n) is 10.8. The Labute approximate surface area is 107 Å². The Morgan fingerprint density at radius 2 is 1.83 bits per heavy atom. The fraction of sp³-hybridized carbons (Fsp3) is 0.286. The van der Waals surface area contributed by atoms with Gasteiger partial charge in [-0.2, -0.15) is 0 Å². The molecular formula is C14H16N4. The first-order chi connectivity index (χ1) is 8.70. The van der Waals surface area contributed by atoms with Crippen molar-refractivity contribution in [2.75, 3.05) is 16.8 Å². The molecule has 3 rings (SSSR count). The van der Waals surface area contributed by atoms with Gasteiger partial charge in [0.15, 0.2) is 0 Å². The lowest BCUT2D eigenvalue weighted by Gasteiger charge is -2.28. The molecule has 1 aliphatic rings. The molecular weight excluding hydrogens is 224 g/mol. The summed E-state index contributed by atoms with van der Waals surface area (Å²) in [6.07, 6.45) is 3.75. The Balaban J connectivity index is 2.16. The van der Waals surface area contributed by atoms with Crippen molar-refractivity contribution in [3.8, 4) is 0 Å². The number of fused-ring (bicyclic) bond motifs is 1. The monoisotopic (exact) mass is 240 g/mol. The maximum absolute atomic E-state index is 4.28. The molecule has 0 unspecified atom stereocenters. The SMILES string of the molecule is Cc1ncncc1N1c2ccccc2N(C)[C@@H]1C. The smallest absolute Gasteiger partial charge is 0.115 e. The highest BCUT2D eigenvalue weighted by Gasteiger charge is 2.32. The highest BCUT2D eigenvalue weighted by atomic mass is 15.4. The van der Waals surface area contributed by atoms with Gasteiger partial charge in [-0.05, 0) is 26.0 Å². The second-order valence-electron chi connectivity index (χ2n) is 4.59. The molecule has 1 aromatic heterocycles. The summed E-state index contributed by atoms with van der Waals surface area (Å²) < 4.78 is 0. The molecule has 1 aromatic carbocycles. The number of hydrogen-bond donors (Lipinski definition) is 0. The van der Waals surface area contributed by atoms with Crippen molar-refractivity contribution in [3.05, 3.63) is 42.5 Å². The number of rotatable bonds is 1. The quantitative estimate of drug-likeness (QED) is 0.767. The van der Waals surface area contributed by atoms with Gasteiger partial charge in [-0.3, -0.25) is 0 Å². The summed E-state index contributed by atoms with van der Waals surface area (Å²) in [5.41, 5.74) is 4.53. The molecule has 2 heterocycles. The number of aryl methyl sites for hydroxylation is 1. The van der Waals surface area contributed by atoms with Crippen LogP contribution >= 0.6 is 0 Å². The van der Waals surface area contributed by atoms with E-state index in [1.807, 2.05) is 13.1 Å². The Morgan fingerprint density at radius 1 is 1.11 bits per heavy atom. The van der Waals surface area contributed by atoms with Crippen LogP contribution in [0.25, 0.3) is 0 Å². The lowest BCUT2D eigenvalue weighted by Crippen LogP contribution is -2.36. The van der Waals surface area contributed by atoms with Crippen LogP contribution in [0, 0.1) is 6.92 Å². The van der Waals surface area contributed by atoms with Crippen LogP contribution in [0.15, 0.2) is 36.8 Å². The fourth-order valence-electron chi connectivity index (χ4n) is 2.49. The van der Waals surface area contributed by atoms with Crippen molar-refractivity contribution in [1.82, 2.24) is 9.97 Å². The number of aromatic nitrogens is 2. The second kappa shape index (κ2) is 3.98. The van der Waals surface area contributed by atoms with Crippen LogP contribution in [0.1, 0.15) is 12.6 Å². The standard InChI is InChI=1S/C14H16N4/c1-10-14(8-15-9-16-10)18-11(2)17(3)12-6-4-5-7-13(12)18/h4-9,11H,1-3H3/t11-/m0/s1. The van der Waals surface area contributed by atoms with E-state index in [0.717, 1.165) is 11.4 Å². The van der Waals surface area contributed by atoms with Gasteiger partial charge in [0.1, 0.15) is 12.5 Å². The Hall–Kier alpha value is -2.10. The topological polar surface area (TPSA) is 32.3 Å². The van der Waals surface area contributed by atoms with Crippen LogP contribution in [-0.2, 0) is 0 Å². The minimum Gasteiger partial charge on any atom is -0.353 e. The van der Waals surface area contributed by atoms with Crippen LogP contribution < -0.4 is 9.80 Å². The van der Waals surface area contributed by atoms with E-state index in [0.29, 0.717) is 0 Å². The summed E-state index contributed by atoms with van der Waals surface area (Å²) in [6.45, 7) is 4.21. The van der Waals surface area contributed by atoms with Gasteiger partial charge in [0.2, 0.25) is 0 Å². The molecule has 2 aromatic rings. The number of benzene rings is 1. The van der Waals surface area contributed by atoms with Crippen LogP contribution in [0.4, 0.5) is 17.1 Å². The van der Waals surface area contributed by atoms with Crippen molar-refractivity contribution in [3.63, 3.8) is 0 Å². The van der Waals surface area contributed by atoms with Crippen LogP contribution in [0.5, 0.6) is 0 Å². The summed E-state index contributed by atoms with van der Waals surface area (Å²) in [5.74, 6) is 0. The summed E-state index contributed by atoms with van der Waals surface area (Å²) in [4.78, 5) is 13.0. The summed E-state index contributed by atoms with van der Waals surface area (Å²) in [5, 5.41) is 0. The largest absolute Gasteiger partial charge is 0.353 e. The lowest BCUT2D eigenvalue weighted by molar-refractivity contribution is 0.729. The summed E-state index contributed by atoms with van der Waals surface area (Å²) >= 11 is 0. The third kappa shape index (κ3) is 1.45. The molecule has 0 N–H and O–H groups in total. The van der Waals surface area contributed by atoms with E-state index in [-0.39, 0.29) is 6.17 Å². The Morgan fingerprint density at radius 3 is 2.56 bits per heavy atom. The molecule has 0 spiro atoms. The van der Waals surface area contributed by atoms with Crippen molar-refractivity contribution >= 4 is 17.1 Å². The predicted molar refractivity (Wildman–Crippen MR) is 73.2 cm³/mol. The molecule has 18 heavy (non-hydrogen) atoms.